The topological polar surface area (TPSA) is 99.7 Å². The molecule has 32 heavy (non-hydrogen) atoms. The van der Waals surface area contributed by atoms with Gasteiger partial charge in [-0.25, -0.2) is 13.4 Å². The number of hydrogen-bond acceptors (Lipinski definition) is 6. The average molecular weight is 483 g/mol. The van der Waals surface area contributed by atoms with Crippen LogP contribution in [0.25, 0.3) is 0 Å². The van der Waals surface area contributed by atoms with Crippen LogP contribution in [0.2, 0.25) is 0 Å². The van der Waals surface area contributed by atoms with Gasteiger partial charge < -0.3 is 10.2 Å². The van der Waals surface area contributed by atoms with Crippen LogP contribution in [0, 0.1) is 5.92 Å². The molecule has 3 fully saturated rings. The fraction of sp³-hybridized carbons (Fsp3) is 0.773. The number of nitrogens with one attached hydrogen (secondary N) is 1. The number of anilines is 1. The molecular formula is C22H34N4O4S2. The second-order valence-corrected chi connectivity index (χ2v) is 12.4. The largest absolute Gasteiger partial charge is 0.328 e. The number of aromatic nitrogens is 1. The Morgan fingerprint density at radius 1 is 1.09 bits per heavy atom. The summed E-state index contributed by atoms with van der Waals surface area (Å²) in [6, 6.07) is -0.589. The molecule has 1 N–H and O–H groups in total. The molecule has 2 saturated carbocycles. The van der Waals surface area contributed by atoms with Gasteiger partial charge in [0.25, 0.3) is 0 Å². The van der Waals surface area contributed by atoms with Crippen molar-refractivity contribution in [2.75, 3.05) is 25.0 Å². The van der Waals surface area contributed by atoms with Gasteiger partial charge >= 0.3 is 0 Å². The minimum Gasteiger partial charge on any atom is -0.328 e. The molecule has 1 aliphatic heterocycles. The lowest BCUT2D eigenvalue weighted by molar-refractivity contribution is -0.142. The van der Waals surface area contributed by atoms with Crippen LogP contribution in [0.15, 0.2) is 11.6 Å². The van der Waals surface area contributed by atoms with Crippen LogP contribution in [0.5, 0.6) is 0 Å². The Kier molecular flexibility index (Phi) is 7.83. The molecular weight excluding hydrogens is 448 g/mol. The lowest BCUT2D eigenvalue weighted by atomic mass is 9.84. The fourth-order valence-electron chi connectivity index (χ4n) is 5.37. The van der Waals surface area contributed by atoms with Gasteiger partial charge in [-0.3, -0.25) is 9.59 Å². The average Bonchev–Trinajstić information content (AvgIpc) is 3.32. The number of carbonyl (C=O) groups is 2. The molecule has 1 aromatic rings. The Morgan fingerprint density at radius 3 is 2.41 bits per heavy atom. The van der Waals surface area contributed by atoms with Crippen LogP contribution in [0.3, 0.4) is 0 Å². The standard InChI is InChI=1S/C22H34N4O4S2/c27-20-16-25(32(29,30)18-9-5-2-6-10-18)12-13-26(20)19(15-17-7-3-1-4-8-17)21(28)24-22-23-11-14-31-22/h11,14,17-19H,1-10,12-13,15-16H2,(H,23,24,28)/t19-/m0/s1. The smallest absolute Gasteiger partial charge is 0.248 e. The first-order valence-electron chi connectivity index (χ1n) is 11.9. The predicted molar refractivity (Wildman–Crippen MR) is 125 cm³/mol. The first-order valence-corrected chi connectivity index (χ1v) is 14.3. The summed E-state index contributed by atoms with van der Waals surface area (Å²) in [6.07, 6.45) is 12.2. The molecule has 178 valence electrons. The molecule has 0 aromatic carbocycles. The Labute approximate surface area is 194 Å². The van der Waals surface area contributed by atoms with E-state index in [-0.39, 0.29) is 36.7 Å². The van der Waals surface area contributed by atoms with E-state index in [1.165, 1.54) is 22.1 Å². The molecule has 1 saturated heterocycles. The van der Waals surface area contributed by atoms with Gasteiger partial charge in [-0.05, 0) is 25.2 Å². The monoisotopic (exact) mass is 482 g/mol. The zero-order valence-corrected chi connectivity index (χ0v) is 20.2. The second kappa shape index (κ2) is 10.6. The first-order chi connectivity index (χ1) is 15.4. The van der Waals surface area contributed by atoms with Gasteiger partial charge in [0, 0.05) is 24.7 Å². The number of carbonyl (C=O) groups excluding carboxylic acids is 2. The molecule has 1 aromatic heterocycles. The Bertz CT molecular complexity index is 878. The zero-order chi connectivity index (χ0) is 22.6. The summed E-state index contributed by atoms with van der Waals surface area (Å²) in [4.78, 5) is 32.1. The molecule has 0 spiro atoms. The summed E-state index contributed by atoms with van der Waals surface area (Å²) in [6.45, 7) is 0.355. The van der Waals surface area contributed by atoms with E-state index < -0.39 is 16.1 Å². The maximum atomic E-state index is 13.2. The molecule has 4 rings (SSSR count). The van der Waals surface area contributed by atoms with E-state index in [4.69, 9.17) is 0 Å². The fourth-order valence-corrected chi connectivity index (χ4v) is 7.88. The molecule has 0 unspecified atom stereocenters. The van der Waals surface area contributed by atoms with Gasteiger partial charge in [-0.15, -0.1) is 11.3 Å². The first kappa shape index (κ1) is 23.6. The van der Waals surface area contributed by atoms with Crippen LogP contribution < -0.4 is 5.32 Å². The van der Waals surface area contributed by atoms with E-state index in [0.29, 0.717) is 30.3 Å². The van der Waals surface area contributed by atoms with Crippen molar-refractivity contribution >= 4 is 38.3 Å². The van der Waals surface area contributed by atoms with Crippen molar-refractivity contribution in [3.63, 3.8) is 0 Å². The molecule has 2 amide bonds. The van der Waals surface area contributed by atoms with Gasteiger partial charge in [-0.2, -0.15) is 4.31 Å². The summed E-state index contributed by atoms with van der Waals surface area (Å²) in [5.74, 6) is -0.0826. The highest BCUT2D eigenvalue weighted by Crippen LogP contribution is 2.31. The molecule has 8 nitrogen and oxygen atoms in total. The summed E-state index contributed by atoms with van der Waals surface area (Å²) < 4.78 is 27.5. The van der Waals surface area contributed by atoms with E-state index in [2.05, 4.69) is 10.3 Å². The normalized spacial score (nSPS) is 23.2. The summed E-state index contributed by atoms with van der Waals surface area (Å²) in [7, 11) is -3.48. The second-order valence-electron chi connectivity index (χ2n) is 9.31. The van der Waals surface area contributed by atoms with Crippen molar-refractivity contribution in [1.29, 1.82) is 0 Å². The number of nitrogens with zero attached hydrogens (tertiary/aromatic N) is 3. The van der Waals surface area contributed by atoms with E-state index >= 15 is 0 Å². The van der Waals surface area contributed by atoms with E-state index in [9.17, 15) is 18.0 Å². The quantitative estimate of drug-likeness (QED) is 0.643. The molecule has 2 heterocycles. The molecule has 0 bridgehead atoms. The van der Waals surface area contributed by atoms with Crippen LogP contribution in [-0.2, 0) is 19.6 Å². The number of hydrogen-bond donors (Lipinski definition) is 1. The van der Waals surface area contributed by atoms with Crippen molar-refractivity contribution in [3.05, 3.63) is 11.6 Å². The van der Waals surface area contributed by atoms with Gasteiger partial charge in [-0.1, -0.05) is 51.4 Å². The Hall–Kier alpha value is -1.52. The number of rotatable bonds is 7. The van der Waals surface area contributed by atoms with E-state index in [1.807, 2.05) is 0 Å². The SMILES string of the molecule is O=C(Nc1nccs1)[C@H](CC1CCCCC1)N1CCN(S(=O)(=O)C2CCCCC2)CC1=O. The summed E-state index contributed by atoms with van der Waals surface area (Å²) in [5, 5.41) is 4.81. The van der Waals surface area contributed by atoms with Gasteiger partial charge in [0.1, 0.15) is 6.04 Å². The third kappa shape index (κ3) is 5.51. The lowest BCUT2D eigenvalue weighted by Gasteiger charge is -2.40. The maximum Gasteiger partial charge on any atom is 0.248 e. The van der Waals surface area contributed by atoms with Crippen molar-refractivity contribution in [3.8, 4) is 0 Å². The third-order valence-corrected chi connectivity index (χ3v) is 10.2. The van der Waals surface area contributed by atoms with Crippen LogP contribution >= 0.6 is 11.3 Å². The number of sulfonamides is 1. The molecule has 10 heteroatoms. The Morgan fingerprint density at radius 2 is 1.78 bits per heavy atom. The minimum atomic E-state index is -3.48. The maximum absolute atomic E-state index is 13.2. The summed E-state index contributed by atoms with van der Waals surface area (Å²) >= 11 is 1.35. The van der Waals surface area contributed by atoms with E-state index in [0.717, 1.165) is 44.9 Å². The highest BCUT2D eigenvalue weighted by atomic mass is 32.2. The molecule has 1 atom stereocenters. The van der Waals surface area contributed by atoms with Gasteiger partial charge in [0.15, 0.2) is 5.13 Å². The highest BCUT2D eigenvalue weighted by molar-refractivity contribution is 7.89. The molecule has 2 aliphatic carbocycles. The molecule has 0 radical (unpaired) electrons. The minimum absolute atomic E-state index is 0.162. The van der Waals surface area contributed by atoms with E-state index in [1.54, 1.807) is 16.5 Å². The third-order valence-electron chi connectivity index (χ3n) is 7.18. The number of piperazine rings is 1. The van der Waals surface area contributed by atoms with Crippen molar-refractivity contribution in [2.24, 2.45) is 5.92 Å². The number of thiazole rings is 1. The number of amides is 2. The summed E-state index contributed by atoms with van der Waals surface area (Å²) in [5.41, 5.74) is 0. The van der Waals surface area contributed by atoms with Crippen molar-refractivity contribution in [2.45, 2.75) is 81.9 Å². The highest BCUT2D eigenvalue weighted by Gasteiger charge is 2.41. The van der Waals surface area contributed by atoms with Crippen molar-refractivity contribution in [1.82, 2.24) is 14.2 Å². The Balaban J connectivity index is 1.46. The van der Waals surface area contributed by atoms with Crippen molar-refractivity contribution < 1.29 is 18.0 Å². The molecule has 3 aliphatic rings. The van der Waals surface area contributed by atoms with Gasteiger partial charge in [0.05, 0.1) is 11.8 Å². The van der Waals surface area contributed by atoms with Gasteiger partial charge in [0.2, 0.25) is 21.8 Å². The van der Waals surface area contributed by atoms with Crippen LogP contribution in [0.4, 0.5) is 5.13 Å². The van der Waals surface area contributed by atoms with Crippen LogP contribution in [0.1, 0.15) is 70.6 Å². The predicted octanol–water partition coefficient (Wildman–Crippen LogP) is 3.23. The lowest BCUT2D eigenvalue weighted by Crippen LogP contribution is -2.59. The zero-order valence-electron chi connectivity index (χ0n) is 18.6. The van der Waals surface area contributed by atoms with Crippen LogP contribution in [-0.4, -0.2) is 65.3 Å².